The van der Waals surface area contributed by atoms with Crippen molar-refractivity contribution in [2.45, 2.75) is 70.6 Å². The SMILES string of the molecule is CCCCc1nc2cc(C(=O)NC3CCCCC3O)ccc2n1Cc1ccc(-c2ccccc2-c2nn[nH]n2)cc1. The number of aromatic amines is 1. The average Bonchev–Trinajstić information content (AvgIpc) is 3.66. The fourth-order valence-corrected chi connectivity index (χ4v) is 5.73. The number of benzene rings is 3. The molecule has 3 N–H and O–H groups in total. The Labute approximate surface area is 239 Å². The normalized spacial score (nSPS) is 17.1. The second kappa shape index (κ2) is 12.0. The summed E-state index contributed by atoms with van der Waals surface area (Å²) in [5.74, 6) is 1.44. The van der Waals surface area contributed by atoms with Crippen molar-refractivity contribution in [3.8, 4) is 22.5 Å². The van der Waals surface area contributed by atoms with E-state index in [2.05, 4.69) is 67.8 Å². The molecular weight excluding hydrogens is 514 g/mol. The van der Waals surface area contributed by atoms with Gasteiger partial charge in [-0.1, -0.05) is 74.7 Å². The number of H-pyrrole nitrogens is 1. The van der Waals surface area contributed by atoms with Gasteiger partial charge in [-0.15, -0.1) is 10.2 Å². The minimum Gasteiger partial charge on any atom is -0.391 e. The summed E-state index contributed by atoms with van der Waals surface area (Å²) < 4.78 is 2.26. The molecule has 1 aliphatic carbocycles. The van der Waals surface area contributed by atoms with Gasteiger partial charge in [0.2, 0.25) is 5.82 Å². The van der Waals surface area contributed by atoms with Crippen LogP contribution in [0.15, 0.2) is 66.7 Å². The number of fused-ring (bicyclic) bond motifs is 1. The van der Waals surface area contributed by atoms with Crippen LogP contribution < -0.4 is 5.32 Å². The first-order valence-corrected chi connectivity index (χ1v) is 14.5. The summed E-state index contributed by atoms with van der Waals surface area (Å²) in [4.78, 5) is 18.0. The highest BCUT2D eigenvalue weighted by atomic mass is 16.3. The van der Waals surface area contributed by atoms with Gasteiger partial charge in [-0.3, -0.25) is 4.79 Å². The van der Waals surface area contributed by atoms with E-state index in [-0.39, 0.29) is 11.9 Å². The molecule has 0 bridgehead atoms. The van der Waals surface area contributed by atoms with Crippen molar-refractivity contribution in [2.24, 2.45) is 0 Å². The van der Waals surface area contributed by atoms with Gasteiger partial charge in [-0.25, -0.2) is 4.98 Å². The molecule has 9 heteroatoms. The lowest BCUT2D eigenvalue weighted by Crippen LogP contribution is -2.45. The minimum absolute atomic E-state index is 0.154. The molecule has 1 amide bonds. The molecule has 0 spiro atoms. The second-order valence-corrected chi connectivity index (χ2v) is 10.8. The summed E-state index contributed by atoms with van der Waals surface area (Å²) >= 11 is 0. The van der Waals surface area contributed by atoms with Gasteiger partial charge in [0.15, 0.2) is 0 Å². The third-order valence-corrected chi connectivity index (χ3v) is 8.01. The maximum atomic E-state index is 13.0. The van der Waals surface area contributed by atoms with Crippen molar-refractivity contribution < 1.29 is 9.90 Å². The summed E-state index contributed by atoms with van der Waals surface area (Å²) in [6.07, 6.45) is 6.10. The highest BCUT2D eigenvalue weighted by Gasteiger charge is 2.25. The molecule has 1 fully saturated rings. The maximum absolute atomic E-state index is 13.0. The first-order valence-electron chi connectivity index (χ1n) is 14.5. The van der Waals surface area contributed by atoms with Crippen LogP contribution in [0, 0.1) is 0 Å². The lowest BCUT2D eigenvalue weighted by Gasteiger charge is -2.28. The van der Waals surface area contributed by atoms with Gasteiger partial charge < -0.3 is 15.0 Å². The Morgan fingerprint density at radius 1 is 1.05 bits per heavy atom. The van der Waals surface area contributed by atoms with Crippen LogP contribution in [0.3, 0.4) is 0 Å². The number of nitrogens with one attached hydrogen (secondary N) is 2. The fraction of sp³-hybridized carbons (Fsp3) is 0.344. The van der Waals surface area contributed by atoms with Gasteiger partial charge in [-0.05, 0) is 59.4 Å². The van der Waals surface area contributed by atoms with E-state index in [1.807, 2.05) is 36.4 Å². The Morgan fingerprint density at radius 2 is 1.85 bits per heavy atom. The summed E-state index contributed by atoms with van der Waals surface area (Å²) in [5, 5.41) is 27.9. The maximum Gasteiger partial charge on any atom is 0.251 e. The first-order chi connectivity index (χ1) is 20.1. The summed E-state index contributed by atoms with van der Waals surface area (Å²) in [7, 11) is 0. The minimum atomic E-state index is -0.477. The predicted octanol–water partition coefficient (Wildman–Crippen LogP) is 5.31. The molecule has 5 aromatic rings. The van der Waals surface area contributed by atoms with Gasteiger partial charge in [0, 0.05) is 24.1 Å². The number of aryl methyl sites for hydroxylation is 1. The van der Waals surface area contributed by atoms with Gasteiger partial charge in [0.1, 0.15) is 5.82 Å². The summed E-state index contributed by atoms with van der Waals surface area (Å²) in [5.41, 5.74) is 6.62. The molecule has 0 radical (unpaired) electrons. The molecular formula is C32H35N7O2. The predicted molar refractivity (Wildman–Crippen MR) is 158 cm³/mol. The van der Waals surface area contributed by atoms with Crippen molar-refractivity contribution in [1.29, 1.82) is 0 Å². The number of unbranched alkanes of at least 4 members (excludes halogenated alkanes) is 1. The van der Waals surface area contributed by atoms with Gasteiger partial charge in [-0.2, -0.15) is 5.21 Å². The van der Waals surface area contributed by atoms with Crippen LogP contribution in [0.1, 0.15) is 67.2 Å². The Morgan fingerprint density at radius 3 is 2.61 bits per heavy atom. The Bertz CT molecular complexity index is 1630. The number of aliphatic hydroxyl groups is 1. The van der Waals surface area contributed by atoms with E-state index in [0.717, 1.165) is 84.1 Å². The molecule has 0 saturated heterocycles. The average molecular weight is 550 g/mol. The van der Waals surface area contributed by atoms with Crippen LogP contribution in [-0.4, -0.2) is 53.3 Å². The van der Waals surface area contributed by atoms with Crippen molar-refractivity contribution in [3.05, 3.63) is 83.7 Å². The summed E-state index contributed by atoms with van der Waals surface area (Å²) in [6, 6.07) is 22.2. The molecule has 2 atom stereocenters. The van der Waals surface area contributed by atoms with Crippen LogP contribution in [0.4, 0.5) is 0 Å². The van der Waals surface area contributed by atoms with Gasteiger partial charge in [0.05, 0.1) is 23.2 Å². The van der Waals surface area contributed by atoms with Crippen molar-refractivity contribution in [3.63, 3.8) is 0 Å². The number of aromatic nitrogens is 6. The molecule has 6 rings (SSSR count). The van der Waals surface area contributed by atoms with Gasteiger partial charge >= 0.3 is 0 Å². The third kappa shape index (κ3) is 5.76. The molecule has 3 aromatic carbocycles. The van der Waals surface area contributed by atoms with E-state index in [9.17, 15) is 9.90 Å². The standard InChI is InChI=1S/C32H35N7O2/c1-2-3-12-30-33-27-19-23(32(41)34-26-10-6-7-11-29(26)40)17-18-28(27)39(30)20-21-13-15-22(16-14-21)24-8-4-5-9-25(24)31-35-37-38-36-31/h4-5,8-9,13-19,26,29,40H,2-3,6-7,10-12,20H2,1H3,(H,34,41)(H,35,36,37,38). The Hall–Kier alpha value is -4.37. The molecule has 1 saturated carbocycles. The zero-order valence-electron chi connectivity index (χ0n) is 23.3. The Balaban J connectivity index is 1.26. The van der Waals surface area contributed by atoms with Crippen LogP contribution >= 0.6 is 0 Å². The number of carbonyl (C=O) groups is 1. The highest BCUT2D eigenvalue weighted by Crippen LogP contribution is 2.30. The lowest BCUT2D eigenvalue weighted by molar-refractivity contribution is 0.0717. The Kier molecular flexibility index (Phi) is 7.86. The van der Waals surface area contributed by atoms with E-state index < -0.39 is 6.10 Å². The van der Waals surface area contributed by atoms with Crippen LogP contribution in [0.5, 0.6) is 0 Å². The van der Waals surface area contributed by atoms with Crippen LogP contribution in [-0.2, 0) is 13.0 Å². The molecule has 2 heterocycles. The van der Waals surface area contributed by atoms with Crippen molar-refractivity contribution in [1.82, 2.24) is 35.5 Å². The summed E-state index contributed by atoms with van der Waals surface area (Å²) in [6.45, 7) is 2.86. The molecule has 41 heavy (non-hydrogen) atoms. The fourth-order valence-electron chi connectivity index (χ4n) is 5.73. The van der Waals surface area contributed by atoms with E-state index in [0.29, 0.717) is 17.9 Å². The van der Waals surface area contributed by atoms with Crippen molar-refractivity contribution >= 4 is 16.9 Å². The largest absolute Gasteiger partial charge is 0.391 e. The number of imidazole rings is 1. The zero-order valence-corrected chi connectivity index (χ0v) is 23.3. The molecule has 1 aliphatic rings. The van der Waals surface area contributed by atoms with E-state index in [4.69, 9.17) is 4.98 Å². The zero-order chi connectivity index (χ0) is 28.2. The molecule has 2 unspecified atom stereocenters. The topological polar surface area (TPSA) is 122 Å². The molecule has 0 aliphatic heterocycles. The molecule has 2 aromatic heterocycles. The lowest BCUT2D eigenvalue weighted by atomic mass is 9.92. The highest BCUT2D eigenvalue weighted by molar-refractivity contribution is 5.97. The number of hydrogen-bond donors (Lipinski definition) is 3. The molecule has 210 valence electrons. The monoisotopic (exact) mass is 549 g/mol. The number of rotatable bonds is 9. The van der Waals surface area contributed by atoms with E-state index >= 15 is 0 Å². The van der Waals surface area contributed by atoms with Crippen LogP contribution in [0.2, 0.25) is 0 Å². The number of carbonyl (C=O) groups excluding carboxylic acids is 1. The van der Waals surface area contributed by atoms with Gasteiger partial charge in [0.25, 0.3) is 5.91 Å². The number of amides is 1. The number of nitrogens with zero attached hydrogens (tertiary/aromatic N) is 5. The van der Waals surface area contributed by atoms with Crippen molar-refractivity contribution in [2.75, 3.05) is 0 Å². The third-order valence-electron chi connectivity index (χ3n) is 8.01. The molecule has 9 nitrogen and oxygen atoms in total. The van der Waals surface area contributed by atoms with E-state index in [1.165, 1.54) is 0 Å². The smallest absolute Gasteiger partial charge is 0.251 e. The first kappa shape index (κ1) is 26.8. The van der Waals surface area contributed by atoms with E-state index in [1.54, 1.807) is 0 Å². The number of hydrogen-bond acceptors (Lipinski definition) is 6. The van der Waals surface area contributed by atoms with Crippen LogP contribution in [0.25, 0.3) is 33.5 Å². The second-order valence-electron chi connectivity index (χ2n) is 10.8. The number of aliphatic hydroxyl groups excluding tert-OH is 1. The quantitative estimate of drug-likeness (QED) is 0.229. The number of tetrazole rings is 1.